The molecule has 6 heterocycles. The van der Waals surface area contributed by atoms with Crippen molar-refractivity contribution in [3.8, 4) is 0 Å². The van der Waals surface area contributed by atoms with Gasteiger partial charge < -0.3 is 25.1 Å². The van der Waals surface area contributed by atoms with Crippen LogP contribution in [0.25, 0.3) is 0 Å². The number of carbonyl (C=O) groups is 1. The highest BCUT2D eigenvalue weighted by molar-refractivity contribution is 5.82. The quantitative estimate of drug-likeness (QED) is 0.328. The first-order valence-corrected chi connectivity index (χ1v) is 16.1. The van der Waals surface area contributed by atoms with Crippen molar-refractivity contribution in [1.82, 2.24) is 30.9 Å². The molecule has 0 radical (unpaired) electrons. The molecule has 1 aromatic rings. The van der Waals surface area contributed by atoms with E-state index in [-0.39, 0.29) is 36.5 Å². The van der Waals surface area contributed by atoms with Crippen LogP contribution in [0.4, 0.5) is 17.1 Å². The molecule has 0 saturated carbocycles. The number of carbonyl (C=O) groups excluding carboxylic acids is 1. The van der Waals surface area contributed by atoms with Gasteiger partial charge in [0.1, 0.15) is 6.29 Å². The van der Waals surface area contributed by atoms with Crippen LogP contribution in [0.5, 0.6) is 0 Å². The highest BCUT2D eigenvalue weighted by atomic mass is 16.3. The lowest BCUT2D eigenvalue weighted by molar-refractivity contribution is -0.146. The summed E-state index contributed by atoms with van der Waals surface area (Å²) >= 11 is 0. The Kier molecular flexibility index (Phi) is 7.60. The summed E-state index contributed by atoms with van der Waals surface area (Å²) in [7, 11) is 4.41. The molecule has 6 aliphatic heterocycles. The number of piperazine rings is 1. The van der Waals surface area contributed by atoms with Crippen LogP contribution in [-0.2, 0) is 4.79 Å². The third-order valence-electron chi connectivity index (χ3n) is 10.5. The van der Waals surface area contributed by atoms with Crippen molar-refractivity contribution >= 4 is 23.0 Å². The number of rotatable bonds is 2. The van der Waals surface area contributed by atoms with E-state index in [0.29, 0.717) is 19.1 Å². The van der Waals surface area contributed by atoms with Crippen molar-refractivity contribution in [2.24, 2.45) is 5.92 Å². The molecule has 11 nitrogen and oxygen atoms in total. The number of allylic oxidation sites excluding steroid dienone is 1. The van der Waals surface area contributed by atoms with E-state index in [9.17, 15) is 9.90 Å². The third kappa shape index (κ3) is 5.18. The number of anilines is 3. The fourth-order valence-electron chi connectivity index (χ4n) is 8.17. The molecule has 5 N–H and O–H groups in total. The summed E-state index contributed by atoms with van der Waals surface area (Å²) in [4.78, 5) is 21.1. The van der Waals surface area contributed by atoms with Crippen LogP contribution in [-0.4, -0.2) is 116 Å². The van der Waals surface area contributed by atoms with E-state index in [2.05, 4.69) is 85.4 Å². The largest absolute Gasteiger partial charge is 0.389 e. The SMILES string of the molecule is CN1CCN2c3cc(NC4NCC5C(=O)N6C/C=C\CCCC(C)(O)C7CCCC(N7)N6C5N4)ccc3N(C)C[C@@H]2C1. The monoisotopic (exact) mass is 579 g/mol. The van der Waals surface area contributed by atoms with Crippen molar-refractivity contribution in [2.45, 2.75) is 81.8 Å². The van der Waals surface area contributed by atoms with Gasteiger partial charge in [0.15, 0.2) is 0 Å². The molecule has 0 aromatic heterocycles. The predicted octanol–water partition coefficient (Wildman–Crippen LogP) is 1.11. The Labute approximate surface area is 250 Å². The number of aliphatic hydroxyl groups is 1. The summed E-state index contributed by atoms with van der Waals surface area (Å²) in [6.45, 7) is 7.40. The van der Waals surface area contributed by atoms with Gasteiger partial charge in [0, 0.05) is 51.5 Å². The van der Waals surface area contributed by atoms with E-state index in [1.165, 1.54) is 11.4 Å². The lowest BCUT2D eigenvalue weighted by Gasteiger charge is -2.48. The maximum atomic E-state index is 13.8. The molecule has 42 heavy (non-hydrogen) atoms. The Balaban J connectivity index is 1.12. The van der Waals surface area contributed by atoms with E-state index in [0.717, 1.165) is 70.4 Å². The first-order valence-electron chi connectivity index (χ1n) is 16.1. The summed E-state index contributed by atoms with van der Waals surface area (Å²) in [6, 6.07) is 7.21. The number of hydrogen-bond donors (Lipinski definition) is 5. The molecule has 6 aliphatic rings. The van der Waals surface area contributed by atoms with Gasteiger partial charge in [-0.05, 0) is 70.7 Å². The van der Waals surface area contributed by atoms with Crippen LogP contribution in [0.2, 0.25) is 0 Å². The second kappa shape index (κ2) is 11.3. The molecular weight excluding hydrogens is 530 g/mol. The average molecular weight is 580 g/mol. The smallest absolute Gasteiger partial charge is 0.244 e. The number of hydrazine groups is 1. The summed E-state index contributed by atoms with van der Waals surface area (Å²) in [6.07, 6.45) is 9.53. The predicted molar refractivity (Wildman–Crippen MR) is 166 cm³/mol. The third-order valence-corrected chi connectivity index (χ3v) is 10.5. The van der Waals surface area contributed by atoms with Crippen molar-refractivity contribution in [1.29, 1.82) is 0 Å². The van der Waals surface area contributed by atoms with Crippen LogP contribution in [0.3, 0.4) is 0 Å². The Morgan fingerprint density at radius 2 is 1.93 bits per heavy atom. The van der Waals surface area contributed by atoms with E-state index >= 15 is 0 Å². The molecule has 0 aliphatic carbocycles. The number of piperidine rings is 1. The maximum Gasteiger partial charge on any atom is 0.244 e. The van der Waals surface area contributed by atoms with Gasteiger partial charge in [-0.25, -0.2) is 0 Å². The minimum absolute atomic E-state index is 0.0123. The Hall–Kier alpha value is -2.41. The molecule has 1 amide bonds. The minimum atomic E-state index is -0.769. The fourth-order valence-corrected chi connectivity index (χ4v) is 8.17. The first kappa shape index (κ1) is 28.4. The molecule has 11 heteroatoms. The Bertz CT molecular complexity index is 1190. The van der Waals surface area contributed by atoms with Gasteiger partial charge in [-0.15, -0.1) is 0 Å². The highest BCUT2D eigenvalue weighted by Gasteiger charge is 2.52. The second-order valence-electron chi connectivity index (χ2n) is 13.6. The molecule has 4 fully saturated rings. The van der Waals surface area contributed by atoms with Crippen molar-refractivity contribution in [3.63, 3.8) is 0 Å². The number of fused-ring (bicyclic) bond motifs is 9. The van der Waals surface area contributed by atoms with Crippen LogP contribution < -0.4 is 31.1 Å². The molecule has 230 valence electrons. The van der Waals surface area contributed by atoms with Gasteiger partial charge in [0.05, 0.1) is 47.8 Å². The Morgan fingerprint density at radius 3 is 2.81 bits per heavy atom. The average Bonchev–Trinajstić information content (AvgIpc) is 3.24. The zero-order valence-corrected chi connectivity index (χ0v) is 25.4. The fraction of sp³-hybridized carbons (Fsp3) is 0.710. The minimum Gasteiger partial charge on any atom is -0.389 e. The molecule has 6 unspecified atom stereocenters. The molecule has 1 aromatic carbocycles. The lowest BCUT2D eigenvalue weighted by Crippen LogP contribution is -2.69. The topological polar surface area (TPSA) is 102 Å². The van der Waals surface area contributed by atoms with Gasteiger partial charge in [-0.3, -0.25) is 25.8 Å². The second-order valence-corrected chi connectivity index (χ2v) is 13.6. The van der Waals surface area contributed by atoms with Gasteiger partial charge in [0.25, 0.3) is 0 Å². The number of likely N-dealkylation sites (N-methyl/N-ethyl adjacent to an activating group) is 2. The van der Waals surface area contributed by atoms with Crippen molar-refractivity contribution < 1.29 is 9.90 Å². The number of nitrogens with zero attached hydrogens (tertiary/aromatic N) is 5. The number of nitrogens with one attached hydrogen (secondary N) is 4. The van der Waals surface area contributed by atoms with Crippen LogP contribution in [0.15, 0.2) is 30.4 Å². The van der Waals surface area contributed by atoms with Gasteiger partial charge in [-0.1, -0.05) is 12.2 Å². The zero-order chi connectivity index (χ0) is 29.0. The number of amides is 1. The maximum absolute atomic E-state index is 13.8. The van der Waals surface area contributed by atoms with E-state index in [4.69, 9.17) is 0 Å². The molecule has 0 spiro atoms. The Morgan fingerprint density at radius 1 is 1.05 bits per heavy atom. The van der Waals surface area contributed by atoms with Gasteiger partial charge in [-0.2, -0.15) is 5.01 Å². The van der Waals surface area contributed by atoms with Crippen LogP contribution in [0, 0.1) is 5.92 Å². The number of hydrogen-bond acceptors (Lipinski definition) is 10. The highest BCUT2D eigenvalue weighted by Crippen LogP contribution is 2.39. The van der Waals surface area contributed by atoms with E-state index < -0.39 is 5.60 Å². The summed E-state index contributed by atoms with van der Waals surface area (Å²) in [5, 5.41) is 30.4. The summed E-state index contributed by atoms with van der Waals surface area (Å²) in [5.41, 5.74) is 2.87. The van der Waals surface area contributed by atoms with Crippen LogP contribution in [0.1, 0.15) is 45.4 Å². The zero-order valence-electron chi connectivity index (χ0n) is 25.4. The number of benzene rings is 1. The molecule has 2 bridgehead atoms. The summed E-state index contributed by atoms with van der Waals surface area (Å²) in [5.74, 6) is -0.0127. The lowest BCUT2D eigenvalue weighted by atomic mass is 9.84. The van der Waals surface area contributed by atoms with Crippen molar-refractivity contribution in [2.75, 3.05) is 68.5 Å². The standard InChI is InChI=1S/C31H49N9O2/c1-31(42)13-6-4-5-7-14-39-29(41)23-18-32-30(35-28(23)40(39)27-10-8-9-26(31)34-27)33-21-11-12-24-25(17-21)38-16-15-36(2)19-22(38)20-37(24)3/h5,7,11-12,17,22-23,26-28,30,32-35,42H,4,6,8-10,13-16,18-20H2,1-3H3/b7-5-/t22-,23?,26?,27?,28?,30?,31?/m0/s1. The first-order chi connectivity index (χ1) is 20.3. The van der Waals surface area contributed by atoms with Gasteiger partial charge in [0.2, 0.25) is 5.91 Å². The molecule has 4 saturated heterocycles. The normalized spacial score (nSPS) is 38.5. The summed E-state index contributed by atoms with van der Waals surface area (Å²) < 4.78 is 0. The molecule has 7 atom stereocenters. The van der Waals surface area contributed by atoms with E-state index in [1.54, 1.807) is 0 Å². The van der Waals surface area contributed by atoms with Gasteiger partial charge >= 0.3 is 0 Å². The van der Waals surface area contributed by atoms with Crippen molar-refractivity contribution in [3.05, 3.63) is 30.4 Å². The van der Waals surface area contributed by atoms with E-state index in [1.807, 2.05) is 11.9 Å². The molecule has 7 rings (SSSR count). The molecular formula is C31H49N9O2. The van der Waals surface area contributed by atoms with Crippen LogP contribution >= 0.6 is 0 Å².